The lowest BCUT2D eigenvalue weighted by Gasteiger charge is -2.29. The van der Waals surface area contributed by atoms with Crippen LogP contribution in [0.1, 0.15) is 12.8 Å². The summed E-state index contributed by atoms with van der Waals surface area (Å²) in [6, 6.07) is 8.07. The molecule has 5 nitrogen and oxygen atoms in total. The monoisotopic (exact) mass is 276 g/mol. The largest absolute Gasteiger partial charge is 0.486 e. The Morgan fingerprint density at radius 2 is 2.10 bits per heavy atom. The Bertz CT molecular complexity index is 488. The molecule has 0 aromatic heterocycles. The summed E-state index contributed by atoms with van der Waals surface area (Å²) in [5.41, 5.74) is 0. The standard InChI is InChI=1S/C15H20N2O3/c1-17(9-15(18)16-11-6-7-11)8-12-10-19-13-4-2-3-5-14(13)20-12/h2-5,11-12H,6-10H2,1H3,(H,16,18). The number of carbonyl (C=O) groups excluding carboxylic acids is 1. The zero-order valence-electron chi connectivity index (χ0n) is 11.7. The lowest BCUT2D eigenvalue weighted by molar-refractivity contribution is -0.122. The van der Waals surface area contributed by atoms with Crippen LogP contribution < -0.4 is 14.8 Å². The van der Waals surface area contributed by atoms with Gasteiger partial charge < -0.3 is 14.8 Å². The molecule has 1 aliphatic heterocycles. The van der Waals surface area contributed by atoms with Gasteiger partial charge in [-0.3, -0.25) is 9.69 Å². The molecular formula is C15H20N2O3. The Morgan fingerprint density at radius 1 is 1.35 bits per heavy atom. The summed E-state index contributed by atoms with van der Waals surface area (Å²) in [4.78, 5) is 13.7. The second kappa shape index (κ2) is 5.71. The second-order valence-electron chi connectivity index (χ2n) is 5.54. The van der Waals surface area contributed by atoms with Crippen molar-refractivity contribution in [3.63, 3.8) is 0 Å². The van der Waals surface area contributed by atoms with Gasteiger partial charge in [-0.05, 0) is 32.0 Å². The number of hydrogen-bond acceptors (Lipinski definition) is 4. The molecule has 5 heteroatoms. The van der Waals surface area contributed by atoms with Crippen LogP contribution in [-0.4, -0.2) is 49.7 Å². The molecule has 1 fully saturated rings. The molecular weight excluding hydrogens is 256 g/mol. The number of benzene rings is 1. The summed E-state index contributed by atoms with van der Waals surface area (Å²) >= 11 is 0. The van der Waals surface area contributed by atoms with E-state index in [2.05, 4.69) is 5.32 Å². The van der Waals surface area contributed by atoms with E-state index in [0.29, 0.717) is 25.7 Å². The van der Waals surface area contributed by atoms with E-state index in [1.54, 1.807) is 0 Å². The first-order valence-electron chi connectivity index (χ1n) is 7.07. The van der Waals surface area contributed by atoms with Gasteiger partial charge in [0.25, 0.3) is 0 Å². The van der Waals surface area contributed by atoms with Crippen LogP contribution in [-0.2, 0) is 4.79 Å². The highest BCUT2D eigenvalue weighted by Gasteiger charge is 2.25. The fourth-order valence-electron chi connectivity index (χ4n) is 2.31. The third-order valence-electron chi connectivity index (χ3n) is 3.44. The molecule has 1 amide bonds. The van der Waals surface area contributed by atoms with Gasteiger partial charge in [-0.25, -0.2) is 0 Å². The van der Waals surface area contributed by atoms with E-state index in [4.69, 9.17) is 9.47 Å². The van der Waals surface area contributed by atoms with E-state index < -0.39 is 0 Å². The van der Waals surface area contributed by atoms with Gasteiger partial charge >= 0.3 is 0 Å². The van der Waals surface area contributed by atoms with Crippen LogP contribution in [0, 0.1) is 0 Å². The van der Waals surface area contributed by atoms with E-state index in [9.17, 15) is 4.79 Å². The number of hydrogen-bond donors (Lipinski definition) is 1. The fourth-order valence-corrected chi connectivity index (χ4v) is 2.31. The summed E-state index contributed by atoms with van der Waals surface area (Å²) in [5, 5.41) is 2.98. The first-order chi connectivity index (χ1) is 9.70. The van der Waals surface area contributed by atoms with Crippen LogP contribution in [0.2, 0.25) is 0 Å². The smallest absolute Gasteiger partial charge is 0.234 e. The Kier molecular flexibility index (Phi) is 3.78. The highest BCUT2D eigenvalue weighted by molar-refractivity contribution is 5.78. The van der Waals surface area contributed by atoms with E-state index in [-0.39, 0.29) is 12.0 Å². The predicted molar refractivity (Wildman–Crippen MR) is 75.0 cm³/mol. The topological polar surface area (TPSA) is 50.8 Å². The zero-order valence-corrected chi connectivity index (χ0v) is 11.7. The molecule has 3 rings (SSSR count). The summed E-state index contributed by atoms with van der Waals surface area (Å²) in [5.74, 6) is 1.66. The highest BCUT2D eigenvalue weighted by atomic mass is 16.6. The van der Waals surface area contributed by atoms with E-state index in [1.807, 2.05) is 36.2 Å². The van der Waals surface area contributed by atoms with Crippen molar-refractivity contribution in [3.8, 4) is 11.5 Å². The van der Waals surface area contributed by atoms with Gasteiger partial charge in [0, 0.05) is 12.6 Å². The van der Waals surface area contributed by atoms with Crippen molar-refractivity contribution < 1.29 is 14.3 Å². The van der Waals surface area contributed by atoms with E-state index in [0.717, 1.165) is 24.3 Å². The molecule has 108 valence electrons. The van der Waals surface area contributed by atoms with Crippen molar-refractivity contribution in [2.75, 3.05) is 26.7 Å². The van der Waals surface area contributed by atoms with Gasteiger partial charge in [-0.15, -0.1) is 0 Å². The van der Waals surface area contributed by atoms with E-state index >= 15 is 0 Å². The Morgan fingerprint density at radius 3 is 2.85 bits per heavy atom. The third-order valence-corrected chi connectivity index (χ3v) is 3.44. The van der Waals surface area contributed by atoms with Gasteiger partial charge in [0.05, 0.1) is 6.54 Å². The van der Waals surface area contributed by atoms with Gasteiger partial charge in [0.2, 0.25) is 5.91 Å². The lowest BCUT2D eigenvalue weighted by atomic mass is 10.2. The van der Waals surface area contributed by atoms with Crippen molar-refractivity contribution in [3.05, 3.63) is 24.3 Å². The van der Waals surface area contributed by atoms with Gasteiger partial charge in [0.1, 0.15) is 12.7 Å². The molecule has 1 aromatic carbocycles. The lowest BCUT2D eigenvalue weighted by Crippen LogP contribution is -2.43. The Hall–Kier alpha value is -1.75. The molecule has 1 aliphatic carbocycles. The predicted octanol–water partition coefficient (Wildman–Crippen LogP) is 1.04. The van der Waals surface area contributed by atoms with Crippen LogP contribution in [0.4, 0.5) is 0 Å². The molecule has 0 radical (unpaired) electrons. The molecule has 0 bridgehead atoms. The van der Waals surface area contributed by atoms with Gasteiger partial charge in [-0.2, -0.15) is 0 Å². The average molecular weight is 276 g/mol. The number of amides is 1. The summed E-state index contributed by atoms with van der Waals surface area (Å²) in [6.45, 7) is 1.59. The van der Waals surface area contributed by atoms with Crippen molar-refractivity contribution in [1.82, 2.24) is 10.2 Å². The molecule has 1 N–H and O–H groups in total. The minimum atomic E-state index is -0.0383. The molecule has 20 heavy (non-hydrogen) atoms. The number of carbonyl (C=O) groups is 1. The molecule has 1 unspecified atom stereocenters. The normalized spacial score (nSPS) is 20.8. The van der Waals surface area contributed by atoms with Crippen molar-refractivity contribution >= 4 is 5.91 Å². The fraction of sp³-hybridized carbons (Fsp3) is 0.533. The van der Waals surface area contributed by atoms with Crippen LogP contribution in [0.3, 0.4) is 0 Å². The molecule has 1 saturated carbocycles. The number of rotatable bonds is 5. The minimum absolute atomic E-state index is 0.0383. The average Bonchev–Trinajstić information content (AvgIpc) is 3.22. The number of nitrogens with one attached hydrogen (secondary N) is 1. The number of likely N-dealkylation sites (N-methyl/N-ethyl adjacent to an activating group) is 1. The maximum atomic E-state index is 11.7. The number of para-hydroxylation sites is 2. The highest BCUT2D eigenvalue weighted by Crippen LogP contribution is 2.30. The summed E-state index contributed by atoms with van der Waals surface area (Å²) in [7, 11) is 1.93. The van der Waals surface area contributed by atoms with Crippen molar-refractivity contribution in [2.45, 2.75) is 25.0 Å². The summed E-state index contributed by atoms with van der Waals surface area (Å²) in [6.07, 6.45) is 2.20. The third kappa shape index (κ3) is 3.42. The minimum Gasteiger partial charge on any atom is -0.486 e. The van der Waals surface area contributed by atoms with Crippen molar-refractivity contribution in [2.24, 2.45) is 0 Å². The SMILES string of the molecule is CN(CC(=O)NC1CC1)CC1COc2ccccc2O1. The summed E-state index contributed by atoms with van der Waals surface area (Å²) < 4.78 is 11.5. The van der Waals surface area contributed by atoms with Crippen LogP contribution in [0.15, 0.2) is 24.3 Å². The van der Waals surface area contributed by atoms with Crippen molar-refractivity contribution in [1.29, 1.82) is 0 Å². The number of ether oxygens (including phenoxy) is 2. The molecule has 1 aromatic rings. The maximum absolute atomic E-state index is 11.7. The van der Waals surface area contributed by atoms with Crippen LogP contribution in [0.5, 0.6) is 11.5 Å². The maximum Gasteiger partial charge on any atom is 0.234 e. The first-order valence-corrected chi connectivity index (χ1v) is 7.07. The number of fused-ring (bicyclic) bond motifs is 1. The first kappa shape index (κ1) is 13.2. The Balaban J connectivity index is 1.47. The molecule has 1 atom stereocenters. The van der Waals surface area contributed by atoms with Gasteiger partial charge in [0.15, 0.2) is 11.5 Å². The van der Waals surface area contributed by atoms with E-state index in [1.165, 1.54) is 0 Å². The quantitative estimate of drug-likeness (QED) is 0.873. The molecule has 0 spiro atoms. The second-order valence-corrected chi connectivity index (χ2v) is 5.54. The molecule has 0 saturated heterocycles. The number of nitrogens with zero attached hydrogens (tertiary/aromatic N) is 1. The Labute approximate surface area is 118 Å². The molecule has 2 aliphatic rings. The van der Waals surface area contributed by atoms with Crippen LogP contribution in [0.25, 0.3) is 0 Å². The van der Waals surface area contributed by atoms with Crippen LogP contribution >= 0.6 is 0 Å². The molecule has 1 heterocycles. The van der Waals surface area contributed by atoms with Gasteiger partial charge in [-0.1, -0.05) is 12.1 Å². The zero-order chi connectivity index (χ0) is 13.9.